The second-order valence-corrected chi connectivity index (χ2v) is 5.16. The second kappa shape index (κ2) is 6.50. The molecule has 1 aromatic rings. The first-order chi connectivity index (χ1) is 8.84. The summed E-state index contributed by atoms with van der Waals surface area (Å²) in [4.78, 5) is 22.7. The lowest BCUT2D eigenvalue weighted by molar-refractivity contribution is -0.137. The van der Waals surface area contributed by atoms with E-state index in [1.54, 1.807) is 0 Å². The van der Waals surface area contributed by atoms with E-state index in [0.29, 0.717) is 19.3 Å². The topological polar surface area (TPSA) is 54.4 Å². The molecule has 1 rings (SSSR count). The fraction of sp³-hybridized carbons (Fsp3) is 0.500. The Hall–Kier alpha value is -1.64. The summed E-state index contributed by atoms with van der Waals surface area (Å²) in [6.07, 6.45) is 1.76. The third-order valence-electron chi connectivity index (χ3n) is 3.69. The molecule has 0 unspecified atom stereocenters. The van der Waals surface area contributed by atoms with Crippen molar-refractivity contribution in [3.63, 3.8) is 0 Å². The molecule has 0 saturated carbocycles. The van der Waals surface area contributed by atoms with Gasteiger partial charge in [0.15, 0.2) is 5.78 Å². The molecule has 19 heavy (non-hydrogen) atoms. The van der Waals surface area contributed by atoms with E-state index in [9.17, 15) is 9.59 Å². The first-order valence-corrected chi connectivity index (χ1v) is 6.67. The molecule has 0 bridgehead atoms. The first-order valence-electron chi connectivity index (χ1n) is 6.67. The minimum Gasteiger partial charge on any atom is -0.481 e. The van der Waals surface area contributed by atoms with Crippen LogP contribution in [-0.4, -0.2) is 16.9 Å². The molecule has 0 saturated heterocycles. The molecule has 0 aliphatic carbocycles. The van der Waals surface area contributed by atoms with Crippen molar-refractivity contribution in [2.75, 3.05) is 0 Å². The highest BCUT2D eigenvalue weighted by Gasteiger charge is 2.15. The zero-order chi connectivity index (χ0) is 14.6. The van der Waals surface area contributed by atoms with Crippen LogP contribution >= 0.6 is 0 Å². The van der Waals surface area contributed by atoms with Crippen molar-refractivity contribution in [2.45, 2.75) is 53.4 Å². The highest BCUT2D eigenvalue weighted by atomic mass is 16.4. The molecule has 0 amide bonds. The van der Waals surface area contributed by atoms with Crippen molar-refractivity contribution in [2.24, 2.45) is 0 Å². The van der Waals surface area contributed by atoms with Crippen LogP contribution in [0.2, 0.25) is 0 Å². The molecule has 1 aromatic carbocycles. The summed E-state index contributed by atoms with van der Waals surface area (Å²) in [7, 11) is 0. The Bertz CT molecular complexity index is 475. The van der Waals surface area contributed by atoms with Crippen LogP contribution in [0, 0.1) is 27.7 Å². The van der Waals surface area contributed by atoms with Gasteiger partial charge in [-0.3, -0.25) is 9.59 Å². The number of benzene rings is 1. The van der Waals surface area contributed by atoms with Crippen LogP contribution in [0.1, 0.15) is 58.3 Å². The van der Waals surface area contributed by atoms with Gasteiger partial charge in [-0.2, -0.15) is 0 Å². The van der Waals surface area contributed by atoms with E-state index in [-0.39, 0.29) is 12.2 Å². The van der Waals surface area contributed by atoms with Crippen LogP contribution < -0.4 is 0 Å². The summed E-state index contributed by atoms with van der Waals surface area (Å²) in [5.41, 5.74) is 5.19. The number of aryl methyl sites for hydroxylation is 2. The Morgan fingerprint density at radius 2 is 1.42 bits per heavy atom. The van der Waals surface area contributed by atoms with Crippen LogP contribution in [0.15, 0.2) is 6.07 Å². The van der Waals surface area contributed by atoms with E-state index in [2.05, 4.69) is 6.07 Å². The summed E-state index contributed by atoms with van der Waals surface area (Å²) < 4.78 is 0. The number of carbonyl (C=O) groups is 2. The minimum atomic E-state index is -0.800. The summed E-state index contributed by atoms with van der Waals surface area (Å²) in [5.74, 6) is -0.668. The standard InChI is InChI=1S/C16H22O3/c1-10-9-11(2)13(4)16(12(10)3)14(17)7-5-6-8-15(18)19/h9H,5-8H2,1-4H3,(H,18,19). The van der Waals surface area contributed by atoms with Crippen molar-refractivity contribution in [3.8, 4) is 0 Å². The van der Waals surface area contributed by atoms with Crippen molar-refractivity contribution in [1.29, 1.82) is 0 Å². The van der Waals surface area contributed by atoms with Gasteiger partial charge >= 0.3 is 5.97 Å². The summed E-state index contributed by atoms with van der Waals surface area (Å²) in [6, 6.07) is 2.10. The van der Waals surface area contributed by atoms with Crippen molar-refractivity contribution in [3.05, 3.63) is 33.9 Å². The molecule has 0 aromatic heterocycles. The van der Waals surface area contributed by atoms with Gasteiger partial charge in [-0.15, -0.1) is 0 Å². The Kier molecular flexibility index (Phi) is 5.28. The number of Topliss-reactive ketones (excluding diaryl/α,β-unsaturated/α-hetero) is 1. The highest BCUT2D eigenvalue weighted by molar-refractivity contribution is 5.99. The monoisotopic (exact) mass is 262 g/mol. The smallest absolute Gasteiger partial charge is 0.303 e. The van der Waals surface area contributed by atoms with E-state index < -0.39 is 5.97 Å². The molecule has 0 fully saturated rings. The van der Waals surface area contributed by atoms with Crippen LogP contribution in [-0.2, 0) is 4.79 Å². The van der Waals surface area contributed by atoms with Crippen molar-refractivity contribution in [1.82, 2.24) is 0 Å². The molecule has 0 atom stereocenters. The van der Waals surface area contributed by atoms with E-state index >= 15 is 0 Å². The van der Waals surface area contributed by atoms with Crippen molar-refractivity contribution < 1.29 is 14.7 Å². The van der Waals surface area contributed by atoms with Gasteiger partial charge < -0.3 is 5.11 Å². The number of carboxylic acids is 1. The number of carbonyl (C=O) groups excluding carboxylic acids is 1. The molecular weight excluding hydrogens is 240 g/mol. The Labute approximate surface area is 114 Å². The van der Waals surface area contributed by atoms with Gasteiger partial charge in [0.05, 0.1) is 0 Å². The zero-order valence-corrected chi connectivity index (χ0v) is 12.2. The lowest BCUT2D eigenvalue weighted by Crippen LogP contribution is -2.08. The summed E-state index contributed by atoms with van der Waals surface area (Å²) in [6.45, 7) is 7.99. The van der Waals surface area contributed by atoms with Gasteiger partial charge in [-0.1, -0.05) is 6.07 Å². The Balaban J connectivity index is 2.80. The summed E-state index contributed by atoms with van der Waals surface area (Å²) in [5, 5.41) is 8.57. The maximum atomic E-state index is 12.3. The van der Waals surface area contributed by atoms with Gasteiger partial charge in [0.2, 0.25) is 0 Å². The third-order valence-corrected chi connectivity index (χ3v) is 3.69. The molecule has 3 nitrogen and oxygen atoms in total. The Morgan fingerprint density at radius 3 is 1.89 bits per heavy atom. The molecule has 3 heteroatoms. The number of aliphatic carboxylic acids is 1. The average molecular weight is 262 g/mol. The molecule has 0 heterocycles. The molecule has 1 N–H and O–H groups in total. The first kappa shape index (κ1) is 15.4. The predicted octanol–water partition coefficient (Wildman–Crippen LogP) is 3.75. The molecule has 104 valence electrons. The number of hydrogen-bond acceptors (Lipinski definition) is 2. The van der Waals surface area contributed by atoms with Gasteiger partial charge in [0, 0.05) is 18.4 Å². The van der Waals surface area contributed by atoms with E-state index in [0.717, 1.165) is 27.8 Å². The van der Waals surface area contributed by atoms with Gasteiger partial charge in [0.25, 0.3) is 0 Å². The lowest BCUT2D eigenvalue weighted by atomic mass is 9.90. The fourth-order valence-electron chi connectivity index (χ4n) is 2.32. The third kappa shape index (κ3) is 3.91. The quantitative estimate of drug-likeness (QED) is 0.627. The molecule has 0 aliphatic rings. The van der Waals surface area contributed by atoms with Crippen molar-refractivity contribution >= 4 is 11.8 Å². The molecule has 0 aliphatic heterocycles. The number of carboxylic acid groups (broad SMARTS) is 1. The SMILES string of the molecule is Cc1cc(C)c(C)c(C(=O)CCCCC(=O)O)c1C. The Morgan fingerprint density at radius 1 is 0.947 bits per heavy atom. The van der Waals surface area contributed by atoms with Crippen LogP contribution in [0.3, 0.4) is 0 Å². The normalized spacial score (nSPS) is 10.5. The van der Waals surface area contributed by atoms with Crippen LogP contribution in [0.25, 0.3) is 0 Å². The van der Waals surface area contributed by atoms with Gasteiger partial charge in [-0.25, -0.2) is 0 Å². The van der Waals surface area contributed by atoms with Crippen LogP contribution in [0.4, 0.5) is 0 Å². The molecular formula is C16H22O3. The van der Waals surface area contributed by atoms with E-state index in [1.165, 1.54) is 0 Å². The number of rotatable bonds is 6. The fourth-order valence-corrected chi connectivity index (χ4v) is 2.32. The highest BCUT2D eigenvalue weighted by Crippen LogP contribution is 2.23. The number of ketones is 1. The van der Waals surface area contributed by atoms with E-state index in [1.807, 2.05) is 27.7 Å². The van der Waals surface area contributed by atoms with E-state index in [4.69, 9.17) is 5.11 Å². The number of hydrogen-bond donors (Lipinski definition) is 1. The molecule has 0 radical (unpaired) electrons. The van der Waals surface area contributed by atoms with Gasteiger partial charge in [0.1, 0.15) is 0 Å². The van der Waals surface area contributed by atoms with Gasteiger partial charge in [-0.05, 0) is 62.8 Å². The average Bonchev–Trinajstić information content (AvgIpc) is 2.32. The van der Waals surface area contributed by atoms with Crippen LogP contribution in [0.5, 0.6) is 0 Å². The lowest BCUT2D eigenvalue weighted by Gasteiger charge is -2.14. The largest absolute Gasteiger partial charge is 0.481 e. The maximum absolute atomic E-state index is 12.3. The molecule has 0 spiro atoms. The number of unbranched alkanes of at least 4 members (excludes halogenated alkanes) is 1. The second-order valence-electron chi connectivity index (χ2n) is 5.16. The zero-order valence-electron chi connectivity index (χ0n) is 12.2. The minimum absolute atomic E-state index is 0.132. The predicted molar refractivity (Wildman–Crippen MR) is 75.8 cm³/mol. The summed E-state index contributed by atoms with van der Waals surface area (Å²) >= 11 is 0. The maximum Gasteiger partial charge on any atom is 0.303 e.